The molecule has 0 N–H and O–H groups in total. The smallest absolute Gasteiger partial charge is 0.337 e. The summed E-state index contributed by atoms with van der Waals surface area (Å²) in [5.74, 6) is -0.326. The highest BCUT2D eigenvalue weighted by molar-refractivity contribution is 5.90. The minimum absolute atomic E-state index is 0.326. The number of aryl methyl sites for hydroxylation is 1. The molecule has 0 heterocycles. The second-order valence-electron chi connectivity index (χ2n) is 4.41. The molecule has 0 atom stereocenters. The maximum absolute atomic E-state index is 11.4. The summed E-state index contributed by atoms with van der Waals surface area (Å²) in [6.07, 6.45) is 0. The molecule has 0 aliphatic carbocycles. The van der Waals surface area contributed by atoms with Crippen molar-refractivity contribution in [3.05, 3.63) is 77.4 Å². The molecular formula is C17H16O2. The van der Waals surface area contributed by atoms with Gasteiger partial charge in [0.15, 0.2) is 0 Å². The molecule has 2 heteroatoms. The molecule has 19 heavy (non-hydrogen) atoms. The molecule has 0 spiro atoms. The van der Waals surface area contributed by atoms with Gasteiger partial charge in [0.05, 0.1) is 12.7 Å². The van der Waals surface area contributed by atoms with E-state index in [1.54, 1.807) is 12.1 Å². The van der Waals surface area contributed by atoms with Gasteiger partial charge in [0.2, 0.25) is 0 Å². The summed E-state index contributed by atoms with van der Waals surface area (Å²) in [5, 5.41) is 0. The van der Waals surface area contributed by atoms with Crippen molar-refractivity contribution in [2.45, 2.75) is 6.92 Å². The molecule has 0 aliphatic rings. The summed E-state index contributed by atoms with van der Waals surface area (Å²) in [7, 11) is 1.38. The normalized spacial score (nSPS) is 10.0. The van der Waals surface area contributed by atoms with E-state index in [-0.39, 0.29) is 5.97 Å². The van der Waals surface area contributed by atoms with Crippen LogP contribution in [0.2, 0.25) is 0 Å². The third-order valence-corrected chi connectivity index (χ3v) is 3.05. The van der Waals surface area contributed by atoms with E-state index in [0.29, 0.717) is 5.56 Å². The number of benzene rings is 2. The Balaban J connectivity index is 2.25. The Hall–Kier alpha value is -2.35. The van der Waals surface area contributed by atoms with Crippen LogP contribution in [0.15, 0.2) is 55.1 Å². The van der Waals surface area contributed by atoms with Crippen molar-refractivity contribution in [2.75, 3.05) is 7.11 Å². The Kier molecular flexibility index (Phi) is 3.81. The fourth-order valence-corrected chi connectivity index (χ4v) is 1.85. The summed E-state index contributed by atoms with van der Waals surface area (Å²) in [6, 6.07) is 15.5. The lowest BCUT2D eigenvalue weighted by molar-refractivity contribution is 0.0601. The molecule has 0 bridgehead atoms. The third kappa shape index (κ3) is 2.91. The van der Waals surface area contributed by atoms with E-state index < -0.39 is 0 Å². The lowest BCUT2D eigenvalue weighted by Crippen LogP contribution is -2.00. The molecular weight excluding hydrogens is 236 g/mol. The first kappa shape index (κ1) is 13.1. The van der Waals surface area contributed by atoms with Crippen LogP contribution in [-0.4, -0.2) is 13.1 Å². The number of carbonyl (C=O) groups is 1. The predicted octanol–water partition coefficient (Wildman–Crippen LogP) is 3.84. The molecule has 2 aromatic carbocycles. The lowest BCUT2D eigenvalue weighted by Gasteiger charge is -2.07. The van der Waals surface area contributed by atoms with E-state index in [1.165, 1.54) is 12.7 Å². The Morgan fingerprint density at radius 2 is 1.32 bits per heavy atom. The number of ether oxygens (including phenoxy) is 1. The molecule has 96 valence electrons. The quantitative estimate of drug-likeness (QED) is 0.776. The van der Waals surface area contributed by atoms with Crippen LogP contribution in [0.4, 0.5) is 0 Å². The maximum atomic E-state index is 11.4. The monoisotopic (exact) mass is 252 g/mol. The van der Waals surface area contributed by atoms with Crippen molar-refractivity contribution in [2.24, 2.45) is 0 Å². The van der Waals surface area contributed by atoms with Crippen molar-refractivity contribution in [1.82, 2.24) is 0 Å². The van der Waals surface area contributed by atoms with Gasteiger partial charge in [0.1, 0.15) is 0 Å². The molecule has 0 radical (unpaired) electrons. The van der Waals surface area contributed by atoms with Gasteiger partial charge in [0.25, 0.3) is 0 Å². The van der Waals surface area contributed by atoms with E-state index in [4.69, 9.17) is 0 Å². The molecule has 0 amide bonds. The minimum atomic E-state index is -0.326. The average molecular weight is 252 g/mol. The van der Waals surface area contributed by atoms with Crippen molar-refractivity contribution in [1.29, 1.82) is 0 Å². The zero-order valence-corrected chi connectivity index (χ0v) is 11.1. The van der Waals surface area contributed by atoms with Gasteiger partial charge in [0, 0.05) is 0 Å². The number of esters is 1. The molecule has 2 aromatic rings. The second kappa shape index (κ2) is 5.53. The molecule has 0 fully saturated rings. The van der Waals surface area contributed by atoms with Crippen LogP contribution in [0.25, 0.3) is 5.57 Å². The van der Waals surface area contributed by atoms with E-state index in [9.17, 15) is 4.79 Å². The van der Waals surface area contributed by atoms with Crippen molar-refractivity contribution in [3.8, 4) is 0 Å². The Morgan fingerprint density at radius 3 is 1.79 bits per heavy atom. The van der Waals surface area contributed by atoms with Gasteiger partial charge in [-0.1, -0.05) is 48.5 Å². The van der Waals surface area contributed by atoms with Crippen LogP contribution >= 0.6 is 0 Å². The Labute approximate surface area is 113 Å². The van der Waals surface area contributed by atoms with Crippen LogP contribution in [-0.2, 0) is 4.74 Å². The van der Waals surface area contributed by atoms with Gasteiger partial charge >= 0.3 is 5.97 Å². The second-order valence-corrected chi connectivity index (χ2v) is 4.41. The van der Waals surface area contributed by atoms with Crippen molar-refractivity contribution >= 4 is 11.5 Å². The van der Waals surface area contributed by atoms with Crippen LogP contribution in [0.1, 0.15) is 27.0 Å². The fourth-order valence-electron chi connectivity index (χ4n) is 1.85. The van der Waals surface area contributed by atoms with Gasteiger partial charge < -0.3 is 4.74 Å². The van der Waals surface area contributed by atoms with E-state index >= 15 is 0 Å². The zero-order valence-electron chi connectivity index (χ0n) is 11.1. The topological polar surface area (TPSA) is 26.3 Å². The maximum Gasteiger partial charge on any atom is 0.337 e. The molecule has 0 unspecified atom stereocenters. The number of carbonyl (C=O) groups excluding carboxylic acids is 1. The molecule has 2 rings (SSSR count). The molecule has 2 nitrogen and oxygen atoms in total. The third-order valence-electron chi connectivity index (χ3n) is 3.05. The van der Waals surface area contributed by atoms with Crippen LogP contribution in [0.5, 0.6) is 0 Å². The fraction of sp³-hybridized carbons (Fsp3) is 0.118. The summed E-state index contributed by atoms with van der Waals surface area (Å²) in [5.41, 5.74) is 4.78. The highest BCUT2D eigenvalue weighted by Crippen LogP contribution is 2.22. The first-order valence-corrected chi connectivity index (χ1v) is 6.06. The van der Waals surface area contributed by atoms with Gasteiger partial charge in [-0.3, -0.25) is 0 Å². The van der Waals surface area contributed by atoms with Crippen LogP contribution < -0.4 is 0 Å². The number of methoxy groups -OCH3 is 1. The van der Waals surface area contributed by atoms with Gasteiger partial charge in [-0.15, -0.1) is 0 Å². The molecule has 0 aliphatic heterocycles. The highest BCUT2D eigenvalue weighted by Gasteiger charge is 2.06. The van der Waals surface area contributed by atoms with Gasteiger partial charge in [-0.25, -0.2) is 4.79 Å². The van der Waals surface area contributed by atoms with Gasteiger partial charge in [-0.05, 0) is 35.8 Å². The minimum Gasteiger partial charge on any atom is -0.465 e. The summed E-state index contributed by atoms with van der Waals surface area (Å²) >= 11 is 0. The van der Waals surface area contributed by atoms with Crippen LogP contribution in [0, 0.1) is 6.92 Å². The summed E-state index contributed by atoms with van der Waals surface area (Å²) in [4.78, 5) is 11.4. The highest BCUT2D eigenvalue weighted by atomic mass is 16.5. The van der Waals surface area contributed by atoms with Crippen molar-refractivity contribution < 1.29 is 9.53 Å². The number of rotatable bonds is 3. The first-order chi connectivity index (χ1) is 9.11. The number of hydrogen-bond donors (Lipinski definition) is 0. The molecule has 0 aromatic heterocycles. The number of hydrogen-bond acceptors (Lipinski definition) is 2. The largest absolute Gasteiger partial charge is 0.465 e. The van der Waals surface area contributed by atoms with Crippen molar-refractivity contribution in [3.63, 3.8) is 0 Å². The van der Waals surface area contributed by atoms with Crippen LogP contribution in [0.3, 0.4) is 0 Å². The predicted molar refractivity (Wildman–Crippen MR) is 77.1 cm³/mol. The Bertz CT molecular complexity index is 592. The van der Waals surface area contributed by atoms with E-state index in [1.807, 2.05) is 24.3 Å². The zero-order chi connectivity index (χ0) is 13.8. The molecule has 0 saturated carbocycles. The summed E-state index contributed by atoms with van der Waals surface area (Å²) in [6.45, 7) is 6.16. The average Bonchev–Trinajstić information content (AvgIpc) is 2.46. The SMILES string of the molecule is C=C(c1ccc(C)cc1)c1ccc(C(=O)OC)cc1. The van der Waals surface area contributed by atoms with E-state index in [2.05, 4.69) is 30.4 Å². The first-order valence-electron chi connectivity index (χ1n) is 6.06. The standard InChI is InChI=1S/C17H16O2/c1-12-4-6-14(7-5-12)13(2)15-8-10-16(11-9-15)17(18)19-3/h4-11H,2H2,1,3H3. The Morgan fingerprint density at radius 1 is 0.895 bits per heavy atom. The lowest BCUT2D eigenvalue weighted by atomic mass is 9.98. The van der Waals surface area contributed by atoms with E-state index in [0.717, 1.165) is 16.7 Å². The summed E-state index contributed by atoms with van der Waals surface area (Å²) < 4.78 is 4.67. The van der Waals surface area contributed by atoms with Gasteiger partial charge in [-0.2, -0.15) is 0 Å². The molecule has 0 saturated heterocycles.